The minimum atomic E-state index is 0.325. The van der Waals surface area contributed by atoms with E-state index in [0.717, 1.165) is 6.54 Å². The Morgan fingerprint density at radius 2 is 1.62 bits per heavy atom. The standard InChI is InChI=1S/C19H24N2/c1-16(17-9-3-2-4-10-17)20-19-12-6-5-11-18(19)15-21-13-7-8-14-21/h2-6,9-12,16,20H,7-8,13-15H2,1H3. The van der Waals surface area contributed by atoms with E-state index in [1.807, 2.05) is 0 Å². The van der Waals surface area contributed by atoms with E-state index in [0.29, 0.717) is 6.04 Å². The van der Waals surface area contributed by atoms with E-state index < -0.39 is 0 Å². The van der Waals surface area contributed by atoms with Crippen LogP contribution in [0.15, 0.2) is 54.6 Å². The van der Waals surface area contributed by atoms with Crippen molar-refractivity contribution in [3.8, 4) is 0 Å². The van der Waals surface area contributed by atoms with E-state index in [1.165, 1.54) is 42.7 Å². The molecule has 110 valence electrons. The van der Waals surface area contributed by atoms with Crippen molar-refractivity contribution in [3.63, 3.8) is 0 Å². The molecule has 1 aliphatic heterocycles. The van der Waals surface area contributed by atoms with Gasteiger partial charge in [0.05, 0.1) is 0 Å². The molecule has 2 aromatic carbocycles. The van der Waals surface area contributed by atoms with Crippen LogP contribution >= 0.6 is 0 Å². The number of hydrogen-bond acceptors (Lipinski definition) is 2. The van der Waals surface area contributed by atoms with Gasteiger partial charge in [-0.1, -0.05) is 48.5 Å². The fraction of sp³-hybridized carbons (Fsp3) is 0.368. The molecule has 2 heteroatoms. The predicted molar refractivity (Wildman–Crippen MR) is 89.4 cm³/mol. The number of anilines is 1. The number of nitrogens with one attached hydrogen (secondary N) is 1. The van der Waals surface area contributed by atoms with Crippen LogP contribution < -0.4 is 5.32 Å². The Kier molecular flexibility index (Phi) is 4.56. The van der Waals surface area contributed by atoms with Crippen LogP contribution in [0.25, 0.3) is 0 Å². The quantitative estimate of drug-likeness (QED) is 0.870. The Balaban J connectivity index is 1.72. The molecular formula is C19H24N2. The van der Waals surface area contributed by atoms with Crippen molar-refractivity contribution in [2.75, 3.05) is 18.4 Å². The van der Waals surface area contributed by atoms with Gasteiger partial charge < -0.3 is 5.32 Å². The first kappa shape index (κ1) is 14.2. The molecule has 1 saturated heterocycles. The number of para-hydroxylation sites is 1. The highest BCUT2D eigenvalue weighted by molar-refractivity contribution is 5.52. The number of nitrogens with zero attached hydrogens (tertiary/aromatic N) is 1. The Hall–Kier alpha value is -1.80. The van der Waals surface area contributed by atoms with Gasteiger partial charge in [-0.25, -0.2) is 0 Å². The molecule has 0 aromatic heterocycles. The summed E-state index contributed by atoms with van der Waals surface area (Å²) >= 11 is 0. The Labute approximate surface area is 127 Å². The average Bonchev–Trinajstić information content (AvgIpc) is 3.03. The summed E-state index contributed by atoms with van der Waals surface area (Å²) in [6, 6.07) is 19.7. The van der Waals surface area contributed by atoms with Gasteiger partial charge in [-0.05, 0) is 50.0 Å². The van der Waals surface area contributed by atoms with Gasteiger partial charge in [-0.15, -0.1) is 0 Å². The molecule has 2 aromatic rings. The summed E-state index contributed by atoms with van der Waals surface area (Å²) in [6.45, 7) is 5.76. The second kappa shape index (κ2) is 6.77. The van der Waals surface area contributed by atoms with E-state index in [-0.39, 0.29) is 0 Å². The van der Waals surface area contributed by atoms with Crippen LogP contribution in [0.3, 0.4) is 0 Å². The van der Waals surface area contributed by atoms with Crippen molar-refractivity contribution in [1.82, 2.24) is 4.90 Å². The molecule has 1 heterocycles. The first-order valence-corrected chi connectivity index (χ1v) is 7.94. The molecule has 3 rings (SSSR count). The van der Waals surface area contributed by atoms with Crippen LogP contribution in [0, 0.1) is 0 Å². The maximum atomic E-state index is 3.67. The van der Waals surface area contributed by atoms with Gasteiger partial charge >= 0.3 is 0 Å². The maximum Gasteiger partial charge on any atom is 0.0485 e. The lowest BCUT2D eigenvalue weighted by molar-refractivity contribution is 0.332. The van der Waals surface area contributed by atoms with Crippen molar-refractivity contribution in [3.05, 3.63) is 65.7 Å². The highest BCUT2D eigenvalue weighted by Crippen LogP contribution is 2.24. The van der Waals surface area contributed by atoms with E-state index in [9.17, 15) is 0 Å². The van der Waals surface area contributed by atoms with E-state index >= 15 is 0 Å². The summed E-state index contributed by atoms with van der Waals surface area (Å²) in [7, 11) is 0. The van der Waals surface area contributed by atoms with Gasteiger partial charge in [-0.3, -0.25) is 4.90 Å². The van der Waals surface area contributed by atoms with Crippen molar-refractivity contribution < 1.29 is 0 Å². The SMILES string of the molecule is CC(Nc1ccccc1CN1CCCC1)c1ccccc1. The lowest BCUT2D eigenvalue weighted by atomic mass is 10.1. The van der Waals surface area contributed by atoms with Gasteiger partial charge in [0.1, 0.15) is 0 Å². The van der Waals surface area contributed by atoms with Crippen molar-refractivity contribution >= 4 is 5.69 Å². The zero-order valence-corrected chi connectivity index (χ0v) is 12.8. The van der Waals surface area contributed by atoms with Crippen LogP contribution in [-0.2, 0) is 6.54 Å². The summed E-state index contributed by atoms with van der Waals surface area (Å²) in [4.78, 5) is 2.55. The molecule has 1 atom stereocenters. The third-order valence-electron chi connectivity index (χ3n) is 4.28. The van der Waals surface area contributed by atoms with Crippen LogP contribution in [0.5, 0.6) is 0 Å². The van der Waals surface area contributed by atoms with Crippen LogP contribution in [0.1, 0.15) is 36.9 Å². The van der Waals surface area contributed by atoms with Crippen LogP contribution in [0.2, 0.25) is 0 Å². The fourth-order valence-electron chi connectivity index (χ4n) is 3.04. The first-order valence-electron chi connectivity index (χ1n) is 7.94. The Morgan fingerprint density at radius 1 is 0.952 bits per heavy atom. The molecule has 2 nitrogen and oxygen atoms in total. The van der Waals surface area contributed by atoms with Crippen LogP contribution in [-0.4, -0.2) is 18.0 Å². The van der Waals surface area contributed by atoms with Crippen molar-refractivity contribution in [2.45, 2.75) is 32.4 Å². The Morgan fingerprint density at radius 3 is 2.38 bits per heavy atom. The van der Waals surface area contributed by atoms with Gasteiger partial charge in [-0.2, -0.15) is 0 Å². The molecule has 21 heavy (non-hydrogen) atoms. The second-order valence-electron chi connectivity index (χ2n) is 5.92. The lowest BCUT2D eigenvalue weighted by Gasteiger charge is -2.21. The predicted octanol–water partition coefficient (Wildman–Crippen LogP) is 4.46. The average molecular weight is 280 g/mol. The van der Waals surface area contributed by atoms with Gasteiger partial charge in [0.15, 0.2) is 0 Å². The number of benzene rings is 2. The van der Waals surface area contributed by atoms with E-state index in [4.69, 9.17) is 0 Å². The molecule has 0 aliphatic carbocycles. The summed E-state index contributed by atoms with van der Waals surface area (Å²) in [5.74, 6) is 0. The van der Waals surface area contributed by atoms with Crippen molar-refractivity contribution in [2.24, 2.45) is 0 Å². The molecule has 0 spiro atoms. The lowest BCUT2D eigenvalue weighted by Crippen LogP contribution is -2.19. The summed E-state index contributed by atoms with van der Waals surface area (Å²) in [5.41, 5.74) is 4.00. The molecule has 1 fully saturated rings. The van der Waals surface area contributed by atoms with Gasteiger partial charge in [0, 0.05) is 18.3 Å². The largest absolute Gasteiger partial charge is 0.378 e. The monoisotopic (exact) mass is 280 g/mol. The molecule has 1 N–H and O–H groups in total. The third kappa shape index (κ3) is 3.64. The molecule has 1 unspecified atom stereocenters. The summed E-state index contributed by atoms with van der Waals surface area (Å²) in [6.07, 6.45) is 2.69. The fourth-order valence-corrected chi connectivity index (χ4v) is 3.04. The highest BCUT2D eigenvalue weighted by Gasteiger charge is 2.14. The van der Waals surface area contributed by atoms with Crippen LogP contribution in [0.4, 0.5) is 5.69 Å². The van der Waals surface area contributed by atoms with Crippen molar-refractivity contribution in [1.29, 1.82) is 0 Å². The minimum Gasteiger partial charge on any atom is -0.378 e. The normalized spacial score (nSPS) is 16.8. The zero-order chi connectivity index (χ0) is 14.5. The molecule has 1 aliphatic rings. The zero-order valence-electron chi connectivity index (χ0n) is 12.8. The number of rotatable bonds is 5. The minimum absolute atomic E-state index is 0.325. The second-order valence-corrected chi connectivity index (χ2v) is 5.92. The highest BCUT2D eigenvalue weighted by atomic mass is 15.1. The smallest absolute Gasteiger partial charge is 0.0485 e. The first-order chi connectivity index (χ1) is 10.3. The Bertz CT molecular complexity index is 559. The maximum absolute atomic E-state index is 3.67. The van der Waals surface area contributed by atoms with E-state index in [1.54, 1.807) is 0 Å². The number of hydrogen-bond donors (Lipinski definition) is 1. The summed E-state index contributed by atoms with van der Waals surface area (Å²) < 4.78 is 0. The van der Waals surface area contributed by atoms with Gasteiger partial charge in [0.25, 0.3) is 0 Å². The molecule has 0 bridgehead atoms. The molecular weight excluding hydrogens is 256 g/mol. The molecule has 0 saturated carbocycles. The molecule has 0 radical (unpaired) electrons. The third-order valence-corrected chi connectivity index (χ3v) is 4.28. The topological polar surface area (TPSA) is 15.3 Å². The summed E-state index contributed by atoms with van der Waals surface area (Å²) in [5, 5.41) is 3.67. The number of likely N-dealkylation sites (tertiary alicyclic amines) is 1. The molecule has 0 amide bonds. The van der Waals surface area contributed by atoms with Gasteiger partial charge in [0.2, 0.25) is 0 Å². The van der Waals surface area contributed by atoms with E-state index in [2.05, 4.69) is 71.7 Å².